The van der Waals surface area contributed by atoms with Crippen LogP contribution in [0.25, 0.3) is 30.3 Å². The molecular weight excluding hydrogens is 840 g/mol. The number of rotatable bonds is 2. The summed E-state index contributed by atoms with van der Waals surface area (Å²) in [5.41, 5.74) is 18.1. The third-order valence-corrected chi connectivity index (χ3v) is 18.4. The van der Waals surface area contributed by atoms with Crippen LogP contribution in [-0.4, -0.2) is 6.71 Å². The maximum Gasteiger partial charge on any atom is 0.264 e. The Morgan fingerprint density at radius 2 is 1.27 bits per heavy atom. The number of para-hydroxylation sites is 1. The van der Waals surface area contributed by atoms with Crippen LogP contribution in [0, 0.1) is 6.92 Å². The zero-order chi connectivity index (χ0) is 45.4. The quantitative estimate of drug-likeness (QED) is 0.161. The van der Waals surface area contributed by atoms with Crippen molar-refractivity contribution in [1.82, 2.24) is 0 Å². The molecular formula is C60H55BN2OS2. The van der Waals surface area contributed by atoms with E-state index in [1.807, 2.05) is 22.7 Å². The molecule has 5 heterocycles. The number of aryl methyl sites for hydroxylation is 1. The minimum atomic E-state index is -0.277. The molecule has 0 unspecified atom stereocenters. The van der Waals surface area contributed by atoms with E-state index in [1.54, 1.807) is 0 Å². The molecule has 0 amide bonds. The fourth-order valence-corrected chi connectivity index (χ4v) is 14.7. The molecule has 326 valence electrons. The summed E-state index contributed by atoms with van der Waals surface area (Å²) in [5, 5.41) is 3.94. The zero-order valence-corrected chi connectivity index (χ0v) is 41.4. The van der Waals surface area contributed by atoms with Crippen molar-refractivity contribution in [2.75, 3.05) is 9.80 Å². The minimum Gasteiger partial charge on any atom is -0.457 e. The van der Waals surface area contributed by atoms with Crippen LogP contribution < -0.4 is 30.2 Å². The number of benzene rings is 7. The Kier molecular flexibility index (Phi) is 8.23. The summed E-state index contributed by atoms with van der Waals surface area (Å²) in [4.78, 5) is 5.30. The highest BCUT2D eigenvalue weighted by Crippen LogP contribution is 2.55. The molecule has 0 bridgehead atoms. The predicted octanol–water partition coefficient (Wildman–Crippen LogP) is 15.7. The first-order chi connectivity index (χ1) is 31.5. The average molecular weight is 895 g/mol. The van der Waals surface area contributed by atoms with E-state index >= 15 is 0 Å². The van der Waals surface area contributed by atoms with Crippen LogP contribution >= 0.6 is 22.7 Å². The van der Waals surface area contributed by atoms with Crippen molar-refractivity contribution in [2.45, 2.75) is 104 Å². The fraction of sp³-hybridized carbons (Fsp3) is 0.267. The monoisotopic (exact) mass is 894 g/mol. The van der Waals surface area contributed by atoms with Gasteiger partial charge in [-0.3, -0.25) is 0 Å². The van der Waals surface area contributed by atoms with Gasteiger partial charge in [0, 0.05) is 75.7 Å². The molecule has 66 heavy (non-hydrogen) atoms. The molecule has 0 N–H and O–H groups in total. The van der Waals surface area contributed by atoms with Gasteiger partial charge in [0.1, 0.15) is 11.5 Å². The van der Waals surface area contributed by atoms with Crippen LogP contribution in [0.3, 0.4) is 0 Å². The predicted molar refractivity (Wildman–Crippen MR) is 286 cm³/mol. The number of thiophene rings is 2. The highest BCUT2D eigenvalue weighted by atomic mass is 32.1. The van der Waals surface area contributed by atoms with Crippen LogP contribution in [-0.2, 0) is 21.7 Å². The zero-order valence-electron chi connectivity index (χ0n) is 39.7. The van der Waals surface area contributed by atoms with Gasteiger partial charge in [0.2, 0.25) is 0 Å². The third kappa shape index (κ3) is 5.55. The standard InChI is InChI=1S/C60H55BN2OS2/c1-34-28-47-53-48(29-34)63(45-19-15-17-38-37-16-11-14-21-51(37)65-55(38)45)46-33-50-43(60(9,10)41-18-12-13-20-49(41)64-50)32-44(46)61(53)56-54(39-30-35(57(2,3)4)22-25-52(39)66-56)62(47)36-23-24-40-42(31-36)59(7,8)27-26-58(40,5)6/h11-25,28-33H,26-27H2,1-10H3. The molecule has 2 aromatic heterocycles. The van der Waals surface area contributed by atoms with E-state index in [4.69, 9.17) is 4.74 Å². The minimum absolute atomic E-state index is 0.00190. The summed E-state index contributed by atoms with van der Waals surface area (Å²) in [6.45, 7) is 23.9. The van der Waals surface area contributed by atoms with Crippen molar-refractivity contribution in [3.05, 3.63) is 161 Å². The largest absolute Gasteiger partial charge is 0.457 e. The van der Waals surface area contributed by atoms with Crippen LogP contribution in [0.2, 0.25) is 0 Å². The van der Waals surface area contributed by atoms with Gasteiger partial charge in [-0.05, 0) is 124 Å². The maximum absolute atomic E-state index is 7.00. The van der Waals surface area contributed by atoms with Crippen molar-refractivity contribution < 1.29 is 4.74 Å². The Morgan fingerprint density at radius 3 is 2.08 bits per heavy atom. The van der Waals surface area contributed by atoms with Gasteiger partial charge >= 0.3 is 0 Å². The van der Waals surface area contributed by atoms with Crippen molar-refractivity contribution in [3.63, 3.8) is 0 Å². The van der Waals surface area contributed by atoms with E-state index < -0.39 is 0 Å². The molecule has 0 fully saturated rings. The molecule has 6 heteroatoms. The van der Waals surface area contributed by atoms with E-state index in [1.165, 1.54) is 126 Å². The molecule has 3 aliphatic heterocycles. The van der Waals surface area contributed by atoms with Crippen molar-refractivity contribution in [1.29, 1.82) is 0 Å². The molecule has 4 aliphatic rings. The lowest BCUT2D eigenvalue weighted by molar-refractivity contribution is 0.332. The second-order valence-electron chi connectivity index (χ2n) is 22.5. The van der Waals surface area contributed by atoms with Gasteiger partial charge in [0.15, 0.2) is 0 Å². The highest BCUT2D eigenvalue weighted by Gasteiger charge is 2.48. The number of nitrogens with zero attached hydrogens (tertiary/aromatic N) is 2. The summed E-state index contributed by atoms with van der Waals surface area (Å²) >= 11 is 3.89. The van der Waals surface area contributed by atoms with E-state index in [0.29, 0.717) is 0 Å². The first kappa shape index (κ1) is 40.5. The average Bonchev–Trinajstić information content (AvgIpc) is 3.86. The van der Waals surface area contributed by atoms with Gasteiger partial charge in [-0.25, -0.2) is 0 Å². The lowest BCUT2D eigenvalue weighted by Gasteiger charge is -2.45. The number of fused-ring (bicyclic) bond motifs is 12. The second-order valence-corrected chi connectivity index (χ2v) is 24.6. The number of anilines is 6. The van der Waals surface area contributed by atoms with Crippen LogP contribution in [0.4, 0.5) is 34.1 Å². The summed E-state index contributed by atoms with van der Waals surface area (Å²) < 4.78 is 12.3. The summed E-state index contributed by atoms with van der Waals surface area (Å²) in [6.07, 6.45) is 2.36. The normalized spacial score (nSPS) is 17.2. The summed E-state index contributed by atoms with van der Waals surface area (Å²) in [7, 11) is 0. The molecule has 9 aromatic rings. The molecule has 0 saturated carbocycles. The van der Waals surface area contributed by atoms with Crippen molar-refractivity contribution >= 4 is 109 Å². The van der Waals surface area contributed by atoms with Gasteiger partial charge in [0.25, 0.3) is 6.71 Å². The van der Waals surface area contributed by atoms with E-state index in [2.05, 4.69) is 206 Å². The van der Waals surface area contributed by atoms with Gasteiger partial charge < -0.3 is 14.5 Å². The molecule has 0 saturated heterocycles. The molecule has 13 rings (SSSR count). The number of hydrogen-bond acceptors (Lipinski definition) is 5. The fourth-order valence-electron chi connectivity index (χ4n) is 12.2. The van der Waals surface area contributed by atoms with E-state index in [9.17, 15) is 0 Å². The molecule has 7 aromatic carbocycles. The molecule has 1 aliphatic carbocycles. The van der Waals surface area contributed by atoms with Gasteiger partial charge in [-0.15, -0.1) is 22.7 Å². The van der Waals surface area contributed by atoms with Crippen LogP contribution in [0.15, 0.2) is 127 Å². The maximum atomic E-state index is 7.00. The molecule has 0 spiro atoms. The summed E-state index contributed by atoms with van der Waals surface area (Å²) in [5.74, 6) is 1.87. The SMILES string of the molecule is Cc1cc2c3c(c1)N(c1cccc4c1sc1ccccc14)c1cc4c(cc1B3c1sc3ccc(C(C)(C)C)cc3c1N2c1ccc2c(c1)C(C)(C)CCC2(C)C)C(C)(C)c1ccccc1O4. The molecule has 0 atom stereocenters. The summed E-state index contributed by atoms with van der Waals surface area (Å²) in [6, 6.07) is 49.1. The van der Waals surface area contributed by atoms with Crippen LogP contribution in [0.1, 0.15) is 109 Å². The van der Waals surface area contributed by atoms with Crippen LogP contribution in [0.5, 0.6) is 11.5 Å². The lowest BCUT2D eigenvalue weighted by atomic mass is 9.36. The molecule has 3 nitrogen and oxygen atoms in total. The first-order valence-corrected chi connectivity index (χ1v) is 25.5. The Hall–Kier alpha value is -5.82. The number of ether oxygens (including phenoxy) is 1. The highest BCUT2D eigenvalue weighted by molar-refractivity contribution is 7.33. The number of hydrogen-bond donors (Lipinski definition) is 0. The van der Waals surface area contributed by atoms with Gasteiger partial charge in [0.05, 0.1) is 16.1 Å². The molecule has 0 radical (unpaired) electrons. The Balaban J connectivity index is 1.16. The van der Waals surface area contributed by atoms with Gasteiger partial charge in [-0.2, -0.15) is 0 Å². The van der Waals surface area contributed by atoms with Crippen molar-refractivity contribution in [2.24, 2.45) is 0 Å². The topological polar surface area (TPSA) is 15.7 Å². The Bertz CT molecular complexity index is 3580. The Labute approximate surface area is 397 Å². The second kappa shape index (κ2) is 13.4. The smallest absolute Gasteiger partial charge is 0.264 e. The van der Waals surface area contributed by atoms with E-state index in [0.717, 1.165) is 11.5 Å². The van der Waals surface area contributed by atoms with E-state index in [-0.39, 0.29) is 28.4 Å². The third-order valence-electron chi connectivity index (χ3n) is 15.9. The Morgan fingerprint density at radius 1 is 0.561 bits per heavy atom. The van der Waals surface area contributed by atoms with Crippen molar-refractivity contribution in [3.8, 4) is 11.5 Å². The van der Waals surface area contributed by atoms with Gasteiger partial charge in [-0.1, -0.05) is 129 Å². The first-order valence-electron chi connectivity index (χ1n) is 23.8. The lowest BCUT2D eigenvalue weighted by Crippen LogP contribution is -2.60.